The van der Waals surface area contributed by atoms with Gasteiger partial charge in [-0.3, -0.25) is 0 Å². The molecule has 13 heavy (non-hydrogen) atoms. The topological polar surface area (TPSA) is 46.2 Å². The highest BCUT2D eigenvalue weighted by atomic mass is 19.1. The van der Waals surface area contributed by atoms with E-state index in [-0.39, 0.29) is 11.8 Å². The van der Waals surface area contributed by atoms with Gasteiger partial charge in [-0.2, -0.15) is 0 Å². The third-order valence-corrected chi connectivity index (χ3v) is 2.51. The molecule has 1 fully saturated rings. The van der Waals surface area contributed by atoms with Gasteiger partial charge in [0.05, 0.1) is 0 Å². The molecular formula is C10H12FNO. The standard InChI is InChI=1S/C10H12FNO/c11-8-3-1-2-7(10(8)13)9(12)6-4-5-6/h1-3,6,9,13H,4-5,12H2/t9-/m0/s1. The molecule has 70 valence electrons. The van der Waals surface area contributed by atoms with Crippen LogP contribution in [0, 0.1) is 11.7 Å². The Bertz CT molecular complexity index is 323. The molecule has 1 aliphatic rings. The van der Waals surface area contributed by atoms with Gasteiger partial charge in [-0.15, -0.1) is 0 Å². The van der Waals surface area contributed by atoms with Gasteiger partial charge in [0.25, 0.3) is 0 Å². The Morgan fingerprint density at radius 1 is 1.46 bits per heavy atom. The predicted molar refractivity (Wildman–Crippen MR) is 47.7 cm³/mol. The van der Waals surface area contributed by atoms with Gasteiger partial charge >= 0.3 is 0 Å². The van der Waals surface area contributed by atoms with E-state index in [1.54, 1.807) is 12.1 Å². The van der Waals surface area contributed by atoms with E-state index in [0.29, 0.717) is 11.5 Å². The Kier molecular flexibility index (Phi) is 1.96. The predicted octanol–water partition coefficient (Wildman–Crippen LogP) is 1.94. The molecule has 3 heteroatoms. The average molecular weight is 181 g/mol. The normalized spacial score (nSPS) is 18.6. The number of hydrogen-bond acceptors (Lipinski definition) is 2. The first-order chi connectivity index (χ1) is 6.20. The molecule has 3 N–H and O–H groups in total. The van der Waals surface area contributed by atoms with E-state index in [1.807, 2.05) is 0 Å². The van der Waals surface area contributed by atoms with Crippen molar-refractivity contribution in [1.82, 2.24) is 0 Å². The van der Waals surface area contributed by atoms with E-state index < -0.39 is 5.82 Å². The minimum atomic E-state index is -0.589. The van der Waals surface area contributed by atoms with Crippen molar-refractivity contribution in [2.24, 2.45) is 11.7 Å². The zero-order chi connectivity index (χ0) is 9.42. The minimum absolute atomic E-state index is 0.212. The van der Waals surface area contributed by atoms with Gasteiger partial charge in [-0.25, -0.2) is 4.39 Å². The fourth-order valence-corrected chi connectivity index (χ4v) is 1.51. The first kappa shape index (κ1) is 8.51. The van der Waals surface area contributed by atoms with E-state index in [1.165, 1.54) is 6.07 Å². The maximum atomic E-state index is 12.9. The molecule has 0 saturated heterocycles. The fraction of sp³-hybridized carbons (Fsp3) is 0.400. The highest BCUT2D eigenvalue weighted by Gasteiger charge is 2.31. The van der Waals surface area contributed by atoms with Crippen molar-refractivity contribution in [3.8, 4) is 5.75 Å². The summed E-state index contributed by atoms with van der Waals surface area (Å²) >= 11 is 0. The monoisotopic (exact) mass is 181 g/mol. The number of nitrogens with two attached hydrogens (primary N) is 1. The maximum Gasteiger partial charge on any atom is 0.165 e. The van der Waals surface area contributed by atoms with Crippen molar-refractivity contribution < 1.29 is 9.50 Å². The van der Waals surface area contributed by atoms with Gasteiger partial charge in [0.15, 0.2) is 11.6 Å². The summed E-state index contributed by atoms with van der Waals surface area (Å²) in [5.74, 6) is -0.455. The molecule has 0 aromatic heterocycles. The maximum absolute atomic E-state index is 12.9. The lowest BCUT2D eigenvalue weighted by molar-refractivity contribution is 0.417. The SMILES string of the molecule is N[C@H](c1cccc(F)c1O)C1CC1. The van der Waals surface area contributed by atoms with Crippen LogP contribution in [0.15, 0.2) is 18.2 Å². The lowest BCUT2D eigenvalue weighted by atomic mass is 10.0. The number of aromatic hydroxyl groups is 1. The lowest BCUT2D eigenvalue weighted by Crippen LogP contribution is -2.12. The molecule has 2 nitrogen and oxygen atoms in total. The molecular weight excluding hydrogens is 169 g/mol. The Morgan fingerprint density at radius 2 is 2.15 bits per heavy atom. The Hall–Kier alpha value is -1.09. The molecule has 1 atom stereocenters. The van der Waals surface area contributed by atoms with Crippen molar-refractivity contribution in [1.29, 1.82) is 0 Å². The number of hydrogen-bond donors (Lipinski definition) is 2. The molecule has 1 saturated carbocycles. The van der Waals surface area contributed by atoms with Crippen LogP contribution in [0.5, 0.6) is 5.75 Å². The molecule has 0 unspecified atom stereocenters. The summed E-state index contributed by atoms with van der Waals surface area (Å²) in [4.78, 5) is 0. The zero-order valence-corrected chi connectivity index (χ0v) is 7.20. The lowest BCUT2D eigenvalue weighted by Gasteiger charge is -2.12. The molecule has 0 radical (unpaired) electrons. The molecule has 0 heterocycles. The quantitative estimate of drug-likeness (QED) is 0.732. The van der Waals surface area contributed by atoms with Crippen LogP contribution < -0.4 is 5.73 Å². The van der Waals surface area contributed by atoms with Gasteiger partial charge in [0.2, 0.25) is 0 Å². The first-order valence-electron chi connectivity index (χ1n) is 4.43. The van der Waals surface area contributed by atoms with Crippen LogP contribution in [0.4, 0.5) is 4.39 Å². The number of rotatable bonds is 2. The highest BCUT2D eigenvalue weighted by molar-refractivity contribution is 5.36. The van der Waals surface area contributed by atoms with E-state index in [9.17, 15) is 9.50 Å². The summed E-state index contributed by atoms with van der Waals surface area (Å²) in [6, 6.07) is 4.28. The largest absolute Gasteiger partial charge is 0.505 e. The average Bonchev–Trinajstić information content (AvgIpc) is 2.91. The van der Waals surface area contributed by atoms with Gasteiger partial charge in [0, 0.05) is 11.6 Å². The van der Waals surface area contributed by atoms with Crippen LogP contribution in [0.3, 0.4) is 0 Å². The summed E-state index contributed by atoms with van der Waals surface area (Å²) in [5.41, 5.74) is 6.37. The zero-order valence-electron chi connectivity index (χ0n) is 7.20. The fourth-order valence-electron chi connectivity index (χ4n) is 1.51. The smallest absolute Gasteiger partial charge is 0.165 e. The van der Waals surface area contributed by atoms with Crippen LogP contribution in [-0.4, -0.2) is 5.11 Å². The summed E-state index contributed by atoms with van der Waals surface area (Å²) in [5, 5.41) is 9.39. The van der Waals surface area contributed by atoms with Crippen molar-refractivity contribution in [3.05, 3.63) is 29.6 Å². The van der Waals surface area contributed by atoms with Crippen molar-refractivity contribution in [2.45, 2.75) is 18.9 Å². The van der Waals surface area contributed by atoms with Crippen molar-refractivity contribution in [3.63, 3.8) is 0 Å². The molecule has 2 rings (SSSR count). The Balaban J connectivity index is 2.32. The van der Waals surface area contributed by atoms with Gasteiger partial charge < -0.3 is 10.8 Å². The van der Waals surface area contributed by atoms with Crippen LogP contribution in [0.25, 0.3) is 0 Å². The molecule has 0 spiro atoms. The van der Waals surface area contributed by atoms with Gasteiger partial charge in [-0.1, -0.05) is 12.1 Å². The first-order valence-corrected chi connectivity index (χ1v) is 4.43. The van der Waals surface area contributed by atoms with Gasteiger partial charge in [0.1, 0.15) is 0 Å². The van der Waals surface area contributed by atoms with E-state index in [0.717, 1.165) is 12.8 Å². The van der Waals surface area contributed by atoms with E-state index in [2.05, 4.69) is 0 Å². The summed E-state index contributed by atoms with van der Waals surface area (Å²) in [6.07, 6.45) is 2.16. The number of para-hydroxylation sites is 1. The number of benzene rings is 1. The summed E-state index contributed by atoms with van der Waals surface area (Å²) in [7, 11) is 0. The van der Waals surface area contributed by atoms with Crippen LogP contribution in [-0.2, 0) is 0 Å². The van der Waals surface area contributed by atoms with E-state index >= 15 is 0 Å². The number of phenolic OH excluding ortho intramolecular Hbond substituents is 1. The van der Waals surface area contributed by atoms with E-state index in [4.69, 9.17) is 5.73 Å². The van der Waals surface area contributed by atoms with Crippen molar-refractivity contribution in [2.75, 3.05) is 0 Å². The second kappa shape index (κ2) is 3.00. The van der Waals surface area contributed by atoms with Gasteiger partial charge in [-0.05, 0) is 24.8 Å². The van der Waals surface area contributed by atoms with Crippen LogP contribution >= 0.6 is 0 Å². The second-order valence-electron chi connectivity index (χ2n) is 3.54. The number of halogens is 1. The van der Waals surface area contributed by atoms with Crippen LogP contribution in [0.1, 0.15) is 24.4 Å². The minimum Gasteiger partial charge on any atom is -0.505 e. The number of phenols is 1. The Labute approximate surface area is 76.2 Å². The summed E-state index contributed by atoms with van der Waals surface area (Å²) in [6.45, 7) is 0. The molecule has 1 aromatic carbocycles. The highest BCUT2D eigenvalue weighted by Crippen LogP contribution is 2.42. The molecule has 1 aromatic rings. The van der Waals surface area contributed by atoms with Crippen LogP contribution in [0.2, 0.25) is 0 Å². The second-order valence-corrected chi connectivity index (χ2v) is 3.54. The van der Waals surface area contributed by atoms with Crippen molar-refractivity contribution >= 4 is 0 Å². The summed E-state index contributed by atoms with van der Waals surface area (Å²) < 4.78 is 12.9. The Morgan fingerprint density at radius 3 is 2.77 bits per heavy atom. The molecule has 1 aliphatic carbocycles. The third-order valence-electron chi connectivity index (χ3n) is 2.51. The third kappa shape index (κ3) is 1.52. The molecule has 0 aliphatic heterocycles. The molecule has 0 amide bonds. The molecule has 0 bridgehead atoms.